The lowest BCUT2D eigenvalue weighted by molar-refractivity contribution is 0.727. The molecule has 60 valence electrons. The van der Waals surface area contributed by atoms with Gasteiger partial charge in [-0.1, -0.05) is 29.8 Å². The molecule has 0 fully saturated rings. The fraction of sp³-hybridized carbons (Fsp3) is 0.500. The summed E-state index contributed by atoms with van der Waals surface area (Å²) >= 11 is 3.51. The summed E-state index contributed by atoms with van der Waals surface area (Å²) in [5.41, 5.74) is 1.04. The first-order valence-electron chi connectivity index (χ1n) is 3.62. The van der Waals surface area contributed by atoms with E-state index in [2.05, 4.69) is 39.7 Å². The summed E-state index contributed by atoms with van der Waals surface area (Å²) in [6, 6.07) is 0. The predicted octanol–water partition coefficient (Wildman–Crippen LogP) is 2.36. The van der Waals surface area contributed by atoms with Gasteiger partial charge in [-0.2, -0.15) is 0 Å². The molecule has 1 rings (SSSR count). The summed E-state index contributed by atoms with van der Waals surface area (Å²) in [5, 5.41) is 0. The lowest BCUT2D eigenvalue weighted by atomic mass is 10.1. The van der Waals surface area contributed by atoms with Gasteiger partial charge in [0.25, 0.3) is 0 Å². The molecule has 0 saturated carbocycles. The van der Waals surface area contributed by atoms with Crippen molar-refractivity contribution in [3.8, 4) is 0 Å². The SMILES string of the molecule is CC(Br)C(C)c1cnccn1. The summed E-state index contributed by atoms with van der Waals surface area (Å²) < 4.78 is 0. The Balaban J connectivity index is 2.77. The summed E-state index contributed by atoms with van der Waals surface area (Å²) in [6.07, 6.45) is 5.22. The van der Waals surface area contributed by atoms with E-state index in [1.54, 1.807) is 12.4 Å². The van der Waals surface area contributed by atoms with Gasteiger partial charge in [0.15, 0.2) is 0 Å². The molecule has 1 heterocycles. The Morgan fingerprint density at radius 2 is 2.09 bits per heavy atom. The zero-order valence-electron chi connectivity index (χ0n) is 6.66. The Hall–Kier alpha value is -0.440. The Kier molecular flexibility index (Phi) is 3.00. The molecule has 0 spiro atoms. The average Bonchev–Trinajstić information content (AvgIpc) is 2.05. The van der Waals surface area contributed by atoms with Crippen LogP contribution in [0.25, 0.3) is 0 Å². The van der Waals surface area contributed by atoms with Crippen molar-refractivity contribution in [3.05, 3.63) is 24.3 Å². The summed E-state index contributed by atoms with van der Waals surface area (Å²) in [4.78, 5) is 8.66. The molecule has 1 aromatic heterocycles. The number of hydrogen-bond donors (Lipinski definition) is 0. The fourth-order valence-corrected chi connectivity index (χ4v) is 1.05. The Bertz CT molecular complexity index is 211. The molecule has 2 unspecified atom stereocenters. The van der Waals surface area contributed by atoms with E-state index in [9.17, 15) is 0 Å². The molecule has 0 amide bonds. The van der Waals surface area contributed by atoms with Crippen LogP contribution < -0.4 is 0 Å². The summed E-state index contributed by atoms with van der Waals surface area (Å²) in [7, 11) is 0. The molecule has 2 nitrogen and oxygen atoms in total. The van der Waals surface area contributed by atoms with Crippen LogP contribution in [0.2, 0.25) is 0 Å². The minimum absolute atomic E-state index is 0.420. The van der Waals surface area contributed by atoms with Crippen LogP contribution in [0.1, 0.15) is 25.5 Å². The van der Waals surface area contributed by atoms with Crippen LogP contribution >= 0.6 is 15.9 Å². The Labute approximate surface area is 75.2 Å². The number of aromatic nitrogens is 2. The number of rotatable bonds is 2. The number of halogens is 1. The van der Waals surface area contributed by atoms with E-state index in [4.69, 9.17) is 0 Å². The number of alkyl halides is 1. The fourth-order valence-electron chi connectivity index (χ4n) is 0.781. The largest absolute Gasteiger partial charge is 0.261 e. The zero-order chi connectivity index (χ0) is 8.27. The van der Waals surface area contributed by atoms with Crippen LogP contribution in [-0.2, 0) is 0 Å². The average molecular weight is 215 g/mol. The topological polar surface area (TPSA) is 25.8 Å². The second-order valence-corrected chi connectivity index (χ2v) is 4.04. The van der Waals surface area contributed by atoms with Crippen LogP contribution in [0.3, 0.4) is 0 Å². The van der Waals surface area contributed by atoms with Crippen molar-refractivity contribution in [2.75, 3.05) is 0 Å². The molecular weight excluding hydrogens is 204 g/mol. The van der Waals surface area contributed by atoms with E-state index >= 15 is 0 Å². The minimum atomic E-state index is 0.420. The maximum atomic E-state index is 4.21. The van der Waals surface area contributed by atoms with Crippen molar-refractivity contribution in [2.45, 2.75) is 24.6 Å². The molecule has 0 radical (unpaired) electrons. The van der Waals surface area contributed by atoms with Gasteiger partial charge in [0.1, 0.15) is 0 Å². The molecule has 0 aliphatic heterocycles. The van der Waals surface area contributed by atoms with Crippen molar-refractivity contribution < 1.29 is 0 Å². The first-order chi connectivity index (χ1) is 5.22. The van der Waals surface area contributed by atoms with Crippen LogP contribution in [0.15, 0.2) is 18.6 Å². The van der Waals surface area contributed by atoms with Crippen LogP contribution in [-0.4, -0.2) is 14.8 Å². The van der Waals surface area contributed by atoms with Gasteiger partial charge in [0.2, 0.25) is 0 Å². The van der Waals surface area contributed by atoms with Crippen molar-refractivity contribution in [3.63, 3.8) is 0 Å². The van der Waals surface area contributed by atoms with E-state index in [1.807, 2.05) is 6.20 Å². The van der Waals surface area contributed by atoms with Gasteiger partial charge in [0.05, 0.1) is 5.69 Å². The van der Waals surface area contributed by atoms with Gasteiger partial charge in [-0.05, 0) is 0 Å². The van der Waals surface area contributed by atoms with Crippen molar-refractivity contribution in [1.82, 2.24) is 9.97 Å². The highest BCUT2D eigenvalue weighted by molar-refractivity contribution is 9.09. The minimum Gasteiger partial charge on any atom is -0.261 e. The first-order valence-corrected chi connectivity index (χ1v) is 4.53. The molecule has 0 saturated heterocycles. The highest BCUT2D eigenvalue weighted by Gasteiger charge is 2.11. The lowest BCUT2D eigenvalue weighted by Gasteiger charge is -2.11. The number of nitrogens with zero attached hydrogens (tertiary/aromatic N) is 2. The van der Waals surface area contributed by atoms with Crippen molar-refractivity contribution in [1.29, 1.82) is 0 Å². The molecule has 0 N–H and O–H groups in total. The zero-order valence-corrected chi connectivity index (χ0v) is 8.25. The van der Waals surface area contributed by atoms with Gasteiger partial charge in [-0.25, -0.2) is 0 Å². The highest BCUT2D eigenvalue weighted by atomic mass is 79.9. The maximum absolute atomic E-state index is 4.21. The molecule has 0 aliphatic rings. The Morgan fingerprint density at radius 1 is 1.36 bits per heavy atom. The van der Waals surface area contributed by atoms with Crippen molar-refractivity contribution >= 4 is 15.9 Å². The Morgan fingerprint density at radius 3 is 2.55 bits per heavy atom. The standard InChI is InChI=1S/C8H11BrN2/c1-6(7(2)9)8-5-10-3-4-11-8/h3-7H,1-2H3. The summed E-state index contributed by atoms with van der Waals surface area (Å²) in [6.45, 7) is 4.24. The highest BCUT2D eigenvalue weighted by Crippen LogP contribution is 2.20. The van der Waals surface area contributed by atoms with Crippen LogP contribution in [0, 0.1) is 0 Å². The molecule has 2 atom stereocenters. The molecule has 0 aromatic carbocycles. The first kappa shape index (κ1) is 8.65. The van der Waals surface area contributed by atoms with Gasteiger partial charge < -0.3 is 0 Å². The second-order valence-electron chi connectivity index (χ2n) is 2.60. The third-order valence-corrected chi connectivity index (χ3v) is 2.53. The molecule has 1 aromatic rings. The van der Waals surface area contributed by atoms with E-state index < -0.39 is 0 Å². The van der Waals surface area contributed by atoms with E-state index in [1.165, 1.54) is 0 Å². The quantitative estimate of drug-likeness (QED) is 0.707. The van der Waals surface area contributed by atoms with E-state index in [0.29, 0.717) is 10.7 Å². The van der Waals surface area contributed by atoms with Gasteiger partial charge >= 0.3 is 0 Å². The third-order valence-electron chi connectivity index (χ3n) is 1.74. The normalized spacial score (nSPS) is 15.9. The van der Waals surface area contributed by atoms with Gasteiger partial charge in [-0.15, -0.1) is 0 Å². The predicted molar refractivity (Wildman–Crippen MR) is 48.8 cm³/mol. The summed E-state index contributed by atoms with van der Waals surface area (Å²) in [5.74, 6) is 0.420. The second kappa shape index (κ2) is 3.81. The third kappa shape index (κ3) is 2.26. The van der Waals surface area contributed by atoms with Gasteiger partial charge in [0, 0.05) is 29.3 Å². The molecular formula is C8H11BrN2. The molecule has 3 heteroatoms. The van der Waals surface area contributed by atoms with Crippen LogP contribution in [0.4, 0.5) is 0 Å². The van der Waals surface area contributed by atoms with E-state index in [0.717, 1.165) is 5.69 Å². The lowest BCUT2D eigenvalue weighted by Crippen LogP contribution is -2.06. The van der Waals surface area contributed by atoms with Crippen molar-refractivity contribution in [2.24, 2.45) is 0 Å². The maximum Gasteiger partial charge on any atom is 0.0625 e. The monoisotopic (exact) mass is 214 g/mol. The van der Waals surface area contributed by atoms with Gasteiger partial charge in [-0.3, -0.25) is 9.97 Å². The van der Waals surface area contributed by atoms with E-state index in [-0.39, 0.29) is 0 Å². The molecule has 0 bridgehead atoms. The smallest absolute Gasteiger partial charge is 0.0625 e. The van der Waals surface area contributed by atoms with Crippen LogP contribution in [0.5, 0.6) is 0 Å². The molecule has 11 heavy (non-hydrogen) atoms. The number of hydrogen-bond acceptors (Lipinski definition) is 2. The molecule has 0 aliphatic carbocycles.